The summed E-state index contributed by atoms with van der Waals surface area (Å²) >= 11 is 0. The van der Waals surface area contributed by atoms with Gasteiger partial charge in [0, 0.05) is 19.5 Å². The number of hydrogen-bond acceptors (Lipinski definition) is 7. The lowest BCUT2D eigenvalue weighted by atomic mass is 9.70. The molecule has 0 aliphatic carbocycles. The molecule has 3 aliphatic heterocycles. The average Bonchev–Trinajstić information content (AvgIpc) is 3.63. The second kappa shape index (κ2) is 13.9. The van der Waals surface area contributed by atoms with E-state index in [9.17, 15) is 24.3 Å². The number of aliphatic hydroxyl groups is 1. The molecule has 4 rings (SSSR count). The second-order valence-electron chi connectivity index (χ2n) is 12.2. The van der Waals surface area contributed by atoms with E-state index in [0.717, 1.165) is 5.56 Å². The second-order valence-corrected chi connectivity index (χ2v) is 12.2. The molecule has 2 N–H and O–H groups in total. The highest BCUT2D eigenvalue weighted by molar-refractivity contribution is 5.98. The third kappa shape index (κ3) is 6.40. The quantitative estimate of drug-likeness (QED) is 0.236. The Hall–Kier alpha value is -3.50. The Labute approximate surface area is 254 Å². The number of carbonyl (C=O) groups is 4. The van der Waals surface area contributed by atoms with E-state index in [1.54, 1.807) is 24.0 Å². The molecule has 7 atom stereocenters. The summed E-state index contributed by atoms with van der Waals surface area (Å²) in [7, 11) is 0. The summed E-state index contributed by atoms with van der Waals surface area (Å²) in [6.07, 6.45) is 3.88. The van der Waals surface area contributed by atoms with E-state index >= 15 is 0 Å². The van der Waals surface area contributed by atoms with Crippen LogP contribution in [0.4, 0.5) is 0 Å². The van der Waals surface area contributed by atoms with E-state index in [-0.39, 0.29) is 43.3 Å². The van der Waals surface area contributed by atoms with E-state index in [1.807, 2.05) is 44.2 Å². The number of rotatable bonds is 15. The third-order valence-corrected chi connectivity index (χ3v) is 8.91. The van der Waals surface area contributed by atoms with Gasteiger partial charge in [0.1, 0.15) is 17.7 Å². The van der Waals surface area contributed by atoms with Crippen molar-refractivity contribution in [2.75, 3.05) is 19.7 Å². The van der Waals surface area contributed by atoms with Crippen molar-refractivity contribution in [1.82, 2.24) is 15.1 Å². The van der Waals surface area contributed by atoms with Gasteiger partial charge in [0.05, 0.1) is 37.1 Å². The van der Waals surface area contributed by atoms with E-state index in [1.165, 1.54) is 4.90 Å². The van der Waals surface area contributed by atoms with Crippen LogP contribution in [0.1, 0.15) is 52.0 Å². The number of likely N-dealkylation sites (tertiary alicyclic amines) is 1. The largest absolute Gasteiger partial charge is 0.460 e. The molecule has 10 nitrogen and oxygen atoms in total. The van der Waals surface area contributed by atoms with Crippen LogP contribution in [0.25, 0.3) is 0 Å². The number of nitrogens with zero attached hydrogens (tertiary/aromatic N) is 2. The fraction of sp³-hybridized carbons (Fsp3) is 0.576. The number of benzene rings is 1. The topological polar surface area (TPSA) is 125 Å². The fourth-order valence-electron chi connectivity index (χ4n) is 6.88. The van der Waals surface area contributed by atoms with Crippen LogP contribution in [0, 0.1) is 17.8 Å². The molecule has 0 unspecified atom stereocenters. The van der Waals surface area contributed by atoms with Crippen LogP contribution in [0.2, 0.25) is 0 Å². The van der Waals surface area contributed by atoms with Gasteiger partial charge in [-0.15, -0.1) is 13.2 Å². The molecule has 0 aromatic heterocycles. The summed E-state index contributed by atoms with van der Waals surface area (Å²) in [4.78, 5) is 57.6. The third-order valence-electron chi connectivity index (χ3n) is 8.91. The highest BCUT2D eigenvalue weighted by atomic mass is 16.6. The minimum atomic E-state index is -1.22. The zero-order valence-electron chi connectivity index (χ0n) is 25.4. The Morgan fingerprint density at radius 2 is 1.93 bits per heavy atom. The molecule has 1 aromatic carbocycles. The molecular formula is C33H45N3O7. The minimum Gasteiger partial charge on any atom is -0.460 e. The summed E-state index contributed by atoms with van der Waals surface area (Å²) in [5.74, 6) is -3.40. The van der Waals surface area contributed by atoms with Crippen molar-refractivity contribution in [3.8, 4) is 0 Å². The first-order valence-electron chi connectivity index (χ1n) is 15.2. The van der Waals surface area contributed by atoms with Gasteiger partial charge >= 0.3 is 5.97 Å². The monoisotopic (exact) mass is 595 g/mol. The lowest BCUT2D eigenvalue weighted by Crippen LogP contribution is -2.59. The molecule has 3 saturated heterocycles. The smallest absolute Gasteiger partial charge is 0.312 e. The van der Waals surface area contributed by atoms with Crippen LogP contribution in [-0.2, 0) is 35.2 Å². The van der Waals surface area contributed by atoms with Crippen LogP contribution in [0.3, 0.4) is 0 Å². The summed E-state index contributed by atoms with van der Waals surface area (Å²) in [6.45, 7) is 13.3. The molecule has 10 heteroatoms. The predicted molar refractivity (Wildman–Crippen MR) is 160 cm³/mol. The van der Waals surface area contributed by atoms with Crippen molar-refractivity contribution in [2.45, 2.75) is 82.9 Å². The number of carbonyl (C=O) groups excluding carboxylic acids is 4. The number of ether oxygens (including phenoxy) is 2. The van der Waals surface area contributed by atoms with Crippen LogP contribution in [-0.4, -0.2) is 88.2 Å². The first-order valence-corrected chi connectivity index (χ1v) is 15.2. The van der Waals surface area contributed by atoms with E-state index in [4.69, 9.17) is 9.47 Å². The standard InChI is InChI=1S/C33H45N3O7/c1-6-8-14-26(38)34-18-22(5)42-32(41)27-25-15-16-33(43-25)28(27)30(39)36(24(20-37)21(3)4)29(33)31(40)35(17-7-2)19-23-12-10-9-11-13-23/h6-7,9-13,21-22,24-25,27-29,37H,1-2,8,14-20H2,3-5H3,(H,34,38)/t22-,24+,25+,27-,28-,29+,33-/m1/s1. The maximum atomic E-state index is 14.5. The van der Waals surface area contributed by atoms with Crippen molar-refractivity contribution < 1.29 is 33.8 Å². The molecule has 3 amide bonds. The normalized spacial score (nSPS) is 27.0. The predicted octanol–water partition coefficient (Wildman–Crippen LogP) is 2.61. The number of esters is 1. The van der Waals surface area contributed by atoms with Crippen LogP contribution in [0.15, 0.2) is 55.6 Å². The van der Waals surface area contributed by atoms with Crippen molar-refractivity contribution in [3.63, 3.8) is 0 Å². The zero-order valence-corrected chi connectivity index (χ0v) is 25.4. The molecule has 0 saturated carbocycles. The van der Waals surface area contributed by atoms with Gasteiger partial charge in [-0.2, -0.15) is 0 Å². The minimum absolute atomic E-state index is 0.132. The van der Waals surface area contributed by atoms with Gasteiger partial charge in [0.15, 0.2) is 0 Å². The molecule has 0 radical (unpaired) electrons. The molecule has 43 heavy (non-hydrogen) atoms. The van der Waals surface area contributed by atoms with Gasteiger partial charge in [0.25, 0.3) is 0 Å². The first kappa shape index (κ1) is 32.4. The van der Waals surface area contributed by atoms with Gasteiger partial charge in [-0.3, -0.25) is 19.2 Å². The average molecular weight is 596 g/mol. The highest BCUT2D eigenvalue weighted by Crippen LogP contribution is 2.59. The summed E-state index contributed by atoms with van der Waals surface area (Å²) < 4.78 is 12.3. The molecule has 3 fully saturated rings. The lowest BCUT2D eigenvalue weighted by molar-refractivity contribution is -0.160. The number of hydrogen-bond donors (Lipinski definition) is 2. The first-order chi connectivity index (χ1) is 20.6. The van der Waals surface area contributed by atoms with Gasteiger partial charge in [-0.25, -0.2) is 0 Å². The Morgan fingerprint density at radius 1 is 1.21 bits per heavy atom. The molecule has 1 aromatic rings. The molecule has 2 bridgehead atoms. The van der Waals surface area contributed by atoms with E-state index in [0.29, 0.717) is 32.2 Å². The Kier molecular flexibility index (Phi) is 10.4. The van der Waals surface area contributed by atoms with Crippen molar-refractivity contribution in [3.05, 3.63) is 61.2 Å². The Bertz CT molecular complexity index is 1200. The summed E-state index contributed by atoms with van der Waals surface area (Å²) in [6, 6.07) is 7.90. The lowest BCUT2D eigenvalue weighted by Gasteiger charge is -2.40. The number of aliphatic hydroxyl groups excluding tert-OH is 1. The SMILES string of the molecule is C=CCCC(=O)NC[C@@H](C)OC(=O)[C@@H]1[C@@H]2CC[C@]3(O2)[C@H](C(=O)N(CC=C)Cc2ccccc2)N([C@@H](CO)C(C)C)C(=O)[C@@H]13. The number of fused-ring (bicyclic) bond motifs is 1. The van der Waals surface area contributed by atoms with E-state index in [2.05, 4.69) is 18.5 Å². The Balaban J connectivity index is 1.62. The zero-order chi connectivity index (χ0) is 31.3. The van der Waals surface area contributed by atoms with Crippen LogP contribution in [0.5, 0.6) is 0 Å². The number of allylic oxidation sites excluding steroid dienone is 1. The van der Waals surface area contributed by atoms with Crippen LogP contribution < -0.4 is 5.32 Å². The van der Waals surface area contributed by atoms with Gasteiger partial charge < -0.3 is 29.7 Å². The molecule has 3 aliphatic rings. The molecule has 1 spiro atoms. The maximum Gasteiger partial charge on any atom is 0.312 e. The van der Waals surface area contributed by atoms with Crippen molar-refractivity contribution >= 4 is 23.7 Å². The highest BCUT2D eigenvalue weighted by Gasteiger charge is 2.75. The van der Waals surface area contributed by atoms with Gasteiger partial charge in [-0.05, 0) is 37.7 Å². The van der Waals surface area contributed by atoms with Crippen molar-refractivity contribution in [2.24, 2.45) is 17.8 Å². The summed E-state index contributed by atoms with van der Waals surface area (Å²) in [5, 5.41) is 13.2. The van der Waals surface area contributed by atoms with Crippen molar-refractivity contribution in [1.29, 1.82) is 0 Å². The Morgan fingerprint density at radius 3 is 2.56 bits per heavy atom. The van der Waals surface area contributed by atoms with E-state index < -0.39 is 47.7 Å². The number of nitrogens with one attached hydrogen (secondary N) is 1. The molecule has 3 heterocycles. The molecular weight excluding hydrogens is 550 g/mol. The fourth-order valence-corrected chi connectivity index (χ4v) is 6.88. The number of amides is 3. The summed E-state index contributed by atoms with van der Waals surface area (Å²) in [5.41, 5.74) is -0.294. The van der Waals surface area contributed by atoms with Gasteiger partial charge in [-0.1, -0.05) is 56.3 Å². The maximum absolute atomic E-state index is 14.5. The van der Waals surface area contributed by atoms with Gasteiger partial charge in [0.2, 0.25) is 17.7 Å². The molecule has 234 valence electrons. The van der Waals surface area contributed by atoms with Crippen LogP contribution >= 0.6 is 0 Å².